The Morgan fingerprint density at radius 1 is 0.786 bits per heavy atom. The molecule has 1 unspecified atom stereocenters. The zero-order valence-corrected chi connectivity index (χ0v) is 17.1. The van der Waals surface area contributed by atoms with Crippen LogP contribution in [0.5, 0.6) is 0 Å². The molecular formula is C27H32N. The fourth-order valence-electron chi connectivity index (χ4n) is 4.09. The summed E-state index contributed by atoms with van der Waals surface area (Å²) >= 11 is 0. The molecule has 0 spiro atoms. The number of hydrogen-bond acceptors (Lipinski definition) is 1. The highest BCUT2D eigenvalue weighted by Gasteiger charge is 2.33. The van der Waals surface area contributed by atoms with Gasteiger partial charge in [-0.25, -0.2) is 0 Å². The van der Waals surface area contributed by atoms with Crippen LogP contribution in [-0.4, -0.2) is 0 Å². The van der Waals surface area contributed by atoms with E-state index in [-0.39, 0.29) is 11.5 Å². The molecule has 3 aromatic rings. The van der Waals surface area contributed by atoms with Crippen LogP contribution in [0.3, 0.4) is 0 Å². The van der Waals surface area contributed by atoms with Crippen molar-refractivity contribution in [1.82, 2.24) is 0 Å². The lowest BCUT2D eigenvalue weighted by atomic mass is 9.68. The van der Waals surface area contributed by atoms with Crippen molar-refractivity contribution in [2.75, 3.05) is 0 Å². The summed E-state index contributed by atoms with van der Waals surface area (Å²) in [5.74, 6) is 0.504. The fraction of sp³-hybridized carbons (Fsp3) is 0.296. The third-order valence-corrected chi connectivity index (χ3v) is 5.97. The maximum absolute atomic E-state index is 6.57. The van der Waals surface area contributed by atoms with Gasteiger partial charge < -0.3 is 5.73 Å². The van der Waals surface area contributed by atoms with E-state index in [4.69, 9.17) is 5.73 Å². The normalized spacial score (nSPS) is 14.6. The van der Waals surface area contributed by atoms with Gasteiger partial charge in [0.05, 0.1) is 0 Å². The van der Waals surface area contributed by atoms with E-state index in [1.807, 2.05) is 6.07 Å². The maximum Gasteiger partial charge on any atom is 0.0295 e. The van der Waals surface area contributed by atoms with Crippen LogP contribution in [0, 0.1) is 6.92 Å². The minimum atomic E-state index is -0.126. The molecule has 28 heavy (non-hydrogen) atoms. The smallest absolute Gasteiger partial charge is 0.0295 e. The van der Waals surface area contributed by atoms with Gasteiger partial charge in [0.1, 0.15) is 0 Å². The van der Waals surface area contributed by atoms with Gasteiger partial charge in [0, 0.05) is 11.5 Å². The number of nitrogens with two attached hydrogens (primary N) is 1. The zero-order chi connectivity index (χ0) is 20.0. The van der Waals surface area contributed by atoms with E-state index in [9.17, 15) is 0 Å². The van der Waals surface area contributed by atoms with E-state index >= 15 is 0 Å². The second-order valence-corrected chi connectivity index (χ2v) is 8.03. The van der Waals surface area contributed by atoms with Gasteiger partial charge in [-0.1, -0.05) is 106 Å². The van der Waals surface area contributed by atoms with Gasteiger partial charge in [0.15, 0.2) is 0 Å². The van der Waals surface area contributed by atoms with Crippen LogP contribution in [0.1, 0.15) is 67.3 Å². The molecule has 1 heteroatoms. The van der Waals surface area contributed by atoms with E-state index in [1.54, 1.807) is 0 Å². The Balaban J connectivity index is 1.98. The standard InChI is InChI=1S/C27H32N/c1-4-27(24-15-9-6-10-16-24,25-17-11-14-23(20-25)21(2)3)19-18-26(28)22-12-7-5-8-13-22/h5-17,20-21,26H,1,4,18-19,28H2,2-3H3/t26-,27?/m0/s1. The van der Waals surface area contributed by atoms with Gasteiger partial charge in [-0.05, 0) is 47.4 Å². The summed E-state index contributed by atoms with van der Waals surface area (Å²) in [5.41, 5.74) is 11.7. The lowest BCUT2D eigenvalue weighted by Crippen LogP contribution is -2.29. The third kappa shape index (κ3) is 4.36. The summed E-state index contributed by atoms with van der Waals surface area (Å²) in [5, 5.41) is 0. The van der Waals surface area contributed by atoms with Crippen molar-refractivity contribution < 1.29 is 0 Å². The zero-order valence-electron chi connectivity index (χ0n) is 17.1. The number of hydrogen-bond donors (Lipinski definition) is 1. The molecule has 0 bridgehead atoms. The second kappa shape index (κ2) is 9.21. The maximum atomic E-state index is 6.57. The average molecular weight is 371 g/mol. The van der Waals surface area contributed by atoms with E-state index < -0.39 is 0 Å². The summed E-state index contributed by atoms with van der Waals surface area (Å²) < 4.78 is 0. The molecule has 0 saturated carbocycles. The molecule has 0 amide bonds. The lowest BCUT2D eigenvalue weighted by molar-refractivity contribution is 0.432. The number of benzene rings is 3. The highest BCUT2D eigenvalue weighted by molar-refractivity contribution is 5.42. The van der Waals surface area contributed by atoms with Crippen molar-refractivity contribution in [3.05, 3.63) is 114 Å². The summed E-state index contributed by atoms with van der Waals surface area (Å²) in [6, 6.07) is 30.3. The SMILES string of the molecule is [CH2]CC(CC[C@H](N)c1ccccc1)(c1ccccc1)c1cccc(C(C)C)c1. The Bertz CT molecular complexity index is 854. The predicted octanol–water partition coefficient (Wildman–Crippen LogP) is 6.80. The van der Waals surface area contributed by atoms with Crippen LogP contribution >= 0.6 is 0 Å². The van der Waals surface area contributed by atoms with Gasteiger partial charge >= 0.3 is 0 Å². The Hall–Kier alpha value is -2.38. The van der Waals surface area contributed by atoms with Crippen LogP contribution in [0.4, 0.5) is 0 Å². The van der Waals surface area contributed by atoms with Crippen molar-refractivity contribution in [3.63, 3.8) is 0 Å². The van der Waals surface area contributed by atoms with Crippen molar-refractivity contribution in [2.24, 2.45) is 5.73 Å². The van der Waals surface area contributed by atoms with Crippen molar-refractivity contribution in [2.45, 2.75) is 50.5 Å². The highest BCUT2D eigenvalue weighted by atomic mass is 14.6. The fourth-order valence-corrected chi connectivity index (χ4v) is 4.09. The summed E-state index contributed by atoms with van der Waals surface area (Å²) in [6.45, 7) is 8.89. The van der Waals surface area contributed by atoms with Crippen LogP contribution in [0.2, 0.25) is 0 Å². The summed E-state index contributed by atoms with van der Waals surface area (Å²) in [6.07, 6.45) is 2.69. The van der Waals surface area contributed by atoms with Crippen LogP contribution in [0.15, 0.2) is 84.9 Å². The first-order chi connectivity index (χ1) is 13.6. The molecule has 3 aromatic carbocycles. The Morgan fingerprint density at radius 3 is 1.96 bits per heavy atom. The first-order valence-corrected chi connectivity index (χ1v) is 10.3. The molecule has 0 saturated heterocycles. The van der Waals surface area contributed by atoms with Crippen molar-refractivity contribution >= 4 is 0 Å². The molecule has 2 atom stereocenters. The average Bonchev–Trinajstić information content (AvgIpc) is 2.76. The predicted molar refractivity (Wildman–Crippen MR) is 120 cm³/mol. The van der Waals surface area contributed by atoms with E-state index in [1.165, 1.54) is 22.3 Å². The van der Waals surface area contributed by atoms with Gasteiger partial charge in [-0.2, -0.15) is 0 Å². The van der Waals surface area contributed by atoms with E-state index in [0.717, 1.165) is 19.3 Å². The lowest BCUT2D eigenvalue weighted by Gasteiger charge is -2.36. The molecule has 1 radical (unpaired) electrons. The van der Waals surface area contributed by atoms with E-state index in [0.29, 0.717) is 5.92 Å². The molecular weight excluding hydrogens is 338 g/mol. The minimum Gasteiger partial charge on any atom is -0.324 e. The third-order valence-electron chi connectivity index (χ3n) is 5.97. The van der Waals surface area contributed by atoms with Gasteiger partial charge in [0.25, 0.3) is 0 Å². The molecule has 0 heterocycles. The summed E-state index contributed by atoms with van der Waals surface area (Å²) in [4.78, 5) is 0. The molecule has 0 aliphatic carbocycles. The molecule has 1 nitrogen and oxygen atoms in total. The Labute approximate surface area is 170 Å². The molecule has 145 valence electrons. The first-order valence-electron chi connectivity index (χ1n) is 10.3. The Morgan fingerprint density at radius 2 is 1.36 bits per heavy atom. The topological polar surface area (TPSA) is 26.0 Å². The first kappa shape index (κ1) is 20.4. The highest BCUT2D eigenvalue weighted by Crippen LogP contribution is 2.41. The van der Waals surface area contributed by atoms with Crippen molar-refractivity contribution in [3.8, 4) is 0 Å². The van der Waals surface area contributed by atoms with Gasteiger partial charge in [-0.15, -0.1) is 0 Å². The van der Waals surface area contributed by atoms with Crippen LogP contribution < -0.4 is 5.73 Å². The number of rotatable bonds is 8. The Kier molecular flexibility index (Phi) is 6.70. The van der Waals surface area contributed by atoms with Crippen molar-refractivity contribution in [1.29, 1.82) is 0 Å². The molecule has 0 aliphatic rings. The van der Waals surface area contributed by atoms with E-state index in [2.05, 4.69) is 99.6 Å². The quantitative estimate of drug-likeness (QED) is 0.463. The molecule has 0 fully saturated rings. The van der Waals surface area contributed by atoms with Gasteiger partial charge in [0.2, 0.25) is 0 Å². The molecule has 2 N–H and O–H groups in total. The monoisotopic (exact) mass is 370 g/mol. The molecule has 0 aromatic heterocycles. The van der Waals surface area contributed by atoms with Gasteiger partial charge in [-0.3, -0.25) is 0 Å². The van der Waals surface area contributed by atoms with Crippen LogP contribution in [0.25, 0.3) is 0 Å². The molecule has 3 rings (SSSR count). The summed E-state index contributed by atoms with van der Waals surface area (Å²) in [7, 11) is 0. The largest absolute Gasteiger partial charge is 0.324 e. The second-order valence-electron chi connectivity index (χ2n) is 8.03. The molecule has 0 aliphatic heterocycles. The minimum absolute atomic E-state index is 0.0316. The van der Waals surface area contributed by atoms with Crippen LogP contribution in [-0.2, 0) is 5.41 Å².